The molecule has 1 rings (SSSR count). The van der Waals surface area contributed by atoms with E-state index in [1.54, 1.807) is 0 Å². The zero-order valence-corrected chi connectivity index (χ0v) is 9.04. The summed E-state index contributed by atoms with van der Waals surface area (Å²) in [5.74, 6) is 0.214. The summed E-state index contributed by atoms with van der Waals surface area (Å²) >= 11 is 0. The van der Waals surface area contributed by atoms with Gasteiger partial charge in [-0.1, -0.05) is 6.92 Å². The topological polar surface area (TPSA) is 49.4 Å². The van der Waals surface area contributed by atoms with Gasteiger partial charge in [0, 0.05) is 19.0 Å². The largest absolute Gasteiger partial charge is 0.351 e. The Morgan fingerprint density at radius 1 is 1.71 bits per heavy atom. The van der Waals surface area contributed by atoms with Crippen molar-refractivity contribution in [2.75, 3.05) is 13.1 Å². The fraction of sp³-hybridized carbons (Fsp3) is 0.800. The van der Waals surface area contributed by atoms with Gasteiger partial charge in [0.1, 0.15) is 5.78 Å². The van der Waals surface area contributed by atoms with Crippen molar-refractivity contribution in [2.45, 2.75) is 39.3 Å². The van der Waals surface area contributed by atoms with E-state index >= 15 is 0 Å². The van der Waals surface area contributed by atoms with Crippen LogP contribution < -0.4 is 5.32 Å². The van der Waals surface area contributed by atoms with Crippen LogP contribution in [0.25, 0.3) is 0 Å². The van der Waals surface area contributed by atoms with E-state index in [2.05, 4.69) is 5.32 Å². The lowest BCUT2D eigenvalue weighted by atomic mass is 10.1. The number of Topliss-reactive ketones (excluding diaryl/α,β-unsaturated/α-hetero) is 1. The quantitative estimate of drug-likeness (QED) is 0.703. The van der Waals surface area contributed by atoms with E-state index in [4.69, 9.17) is 0 Å². The van der Waals surface area contributed by atoms with Crippen molar-refractivity contribution in [1.29, 1.82) is 0 Å². The van der Waals surface area contributed by atoms with Gasteiger partial charge in [-0.3, -0.25) is 14.5 Å². The third kappa shape index (κ3) is 2.54. The fourth-order valence-corrected chi connectivity index (χ4v) is 1.76. The molecule has 14 heavy (non-hydrogen) atoms. The number of carbonyl (C=O) groups excluding carboxylic acids is 2. The van der Waals surface area contributed by atoms with E-state index in [0.717, 1.165) is 6.54 Å². The Kier molecular flexibility index (Phi) is 3.63. The van der Waals surface area contributed by atoms with Gasteiger partial charge in [0.25, 0.3) is 0 Å². The standard InChI is InChI=1S/C10H18N2O2/c1-4-9(13)8(3)12-5-7(2)11-10(14)6-12/h7-8H,4-6H2,1-3H3,(H,11,14). The molecule has 0 aromatic heterocycles. The fourth-order valence-electron chi connectivity index (χ4n) is 1.76. The van der Waals surface area contributed by atoms with Crippen LogP contribution in [0.4, 0.5) is 0 Å². The molecule has 1 N–H and O–H groups in total. The molecule has 4 heteroatoms. The minimum absolute atomic E-state index is 0.0134. The second-order valence-corrected chi connectivity index (χ2v) is 3.89. The third-order valence-corrected chi connectivity index (χ3v) is 2.62. The van der Waals surface area contributed by atoms with Crippen LogP contribution in [-0.2, 0) is 9.59 Å². The number of hydrogen-bond acceptors (Lipinski definition) is 3. The molecule has 0 aliphatic carbocycles. The Labute approximate surface area is 84.7 Å². The monoisotopic (exact) mass is 198 g/mol. The van der Waals surface area contributed by atoms with Crippen molar-refractivity contribution >= 4 is 11.7 Å². The minimum Gasteiger partial charge on any atom is -0.351 e. The number of hydrogen-bond donors (Lipinski definition) is 1. The van der Waals surface area contributed by atoms with E-state index in [0.29, 0.717) is 13.0 Å². The van der Waals surface area contributed by atoms with E-state index in [9.17, 15) is 9.59 Å². The Balaban J connectivity index is 2.58. The molecule has 0 radical (unpaired) electrons. The van der Waals surface area contributed by atoms with Crippen LogP contribution in [0.2, 0.25) is 0 Å². The number of rotatable bonds is 3. The molecule has 4 nitrogen and oxygen atoms in total. The van der Waals surface area contributed by atoms with Gasteiger partial charge in [-0.05, 0) is 13.8 Å². The molecular weight excluding hydrogens is 180 g/mol. The van der Waals surface area contributed by atoms with Crippen LogP contribution in [0.15, 0.2) is 0 Å². The lowest BCUT2D eigenvalue weighted by molar-refractivity contribution is -0.130. The molecule has 0 bridgehead atoms. The second-order valence-electron chi connectivity index (χ2n) is 3.89. The van der Waals surface area contributed by atoms with Crippen molar-refractivity contribution in [3.05, 3.63) is 0 Å². The summed E-state index contributed by atoms with van der Waals surface area (Å²) in [6.45, 7) is 6.78. The molecule has 80 valence electrons. The SMILES string of the molecule is CCC(=O)C(C)N1CC(=O)NC(C)C1. The molecule has 1 amide bonds. The van der Waals surface area contributed by atoms with Crippen molar-refractivity contribution in [3.63, 3.8) is 0 Å². The molecular formula is C10H18N2O2. The third-order valence-electron chi connectivity index (χ3n) is 2.62. The number of carbonyl (C=O) groups is 2. The molecule has 1 fully saturated rings. The predicted molar refractivity (Wildman–Crippen MR) is 53.9 cm³/mol. The Morgan fingerprint density at radius 3 is 2.86 bits per heavy atom. The maximum Gasteiger partial charge on any atom is 0.234 e. The second kappa shape index (κ2) is 4.55. The first-order chi connectivity index (χ1) is 6.54. The highest BCUT2D eigenvalue weighted by molar-refractivity contribution is 5.85. The predicted octanol–water partition coefficient (Wildman–Crippen LogP) is 0.174. The molecule has 2 unspecified atom stereocenters. The normalized spacial score (nSPS) is 25.6. The molecule has 1 aliphatic heterocycles. The van der Waals surface area contributed by atoms with Crippen LogP contribution >= 0.6 is 0 Å². The summed E-state index contributed by atoms with van der Waals surface area (Å²) in [6, 6.07) is 0.0110. The number of nitrogens with one attached hydrogen (secondary N) is 1. The first-order valence-corrected chi connectivity index (χ1v) is 5.10. The number of piperazine rings is 1. The Bertz CT molecular complexity index is 240. The lowest BCUT2D eigenvalue weighted by Crippen LogP contribution is -2.56. The smallest absolute Gasteiger partial charge is 0.234 e. The average molecular weight is 198 g/mol. The summed E-state index contributed by atoms with van der Waals surface area (Å²) in [5, 5.41) is 2.83. The van der Waals surface area contributed by atoms with Crippen LogP contribution in [0.1, 0.15) is 27.2 Å². The number of amides is 1. The molecule has 2 atom stereocenters. The first-order valence-electron chi connectivity index (χ1n) is 5.10. The molecule has 1 aliphatic rings. The van der Waals surface area contributed by atoms with Gasteiger partial charge in [0.2, 0.25) is 5.91 Å². The Hall–Kier alpha value is -0.900. The van der Waals surface area contributed by atoms with E-state index in [1.807, 2.05) is 25.7 Å². The maximum absolute atomic E-state index is 11.5. The minimum atomic E-state index is -0.131. The lowest BCUT2D eigenvalue weighted by Gasteiger charge is -2.34. The van der Waals surface area contributed by atoms with Crippen LogP contribution in [0, 0.1) is 0 Å². The first kappa shape index (κ1) is 11.2. The van der Waals surface area contributed by atoms with Gasteiger partial charge >= 0.3 is 0 Å². The van der Waals surface area contributed by atoms with Gasteiger partial charge in [0.05, 0.1) is 12.6 Å². The molecule has 0 saturated carbocycles. The highest BCUT2D eigenvalue weighted by Gasteiger charge is 2.27. The zero-order valence-electron chi connectivity index (χ0n) is 9.04. The molecule has 0 aromatic carbocycles. The van der Waals surface area contributed by atoms with Crippen LogP contribution in [-0.4, -0.2) is 41.8 Å². The number of ketones is 1. The summed E-state index contributed by atoms with van der Waals surface area (Å²) in [4.78, 5) is 24.6. The summed E-state index contributed by atoms with van der Waals surface area (Å²) in [6.07, 6.45) is 0.535. The van der Waals surface area contributed by atoms with Crippen molar-refractivity contribution in [1.82, 2.24) is 10.2 Å². The van der Waals surface area contributed by atoms with Gasteiger partial charge in [-0.15, -0.1) is 0 Å². The maximum atomic E-state index is 11.5. The highest BCUT2D eigenvalue weighted by atomic mass is 16.2. The summed E-state index contributed by atoms with van der Waals surface area (Å²) < 4.78 is 0. The van der Waals surface area contributed by atoms with Gasteiger partial charge < -0.3 is 5.32 Å². The zero-order chi connectivity index (χ0) is 10.7. The van der Waals surface area contributed by atoms with E-state index in [-0.39, 0.29) is 23.8 Å². The average Bonchev–Trinajstić information content (AvgIpc) is 2.14. The number of nitrogens with zero attached hydrogens (tertiary/aromatic N) is 1. The van der Waals surface area contributed by atoms with Crippen molar-refractivity contribution in [3.8, 4) is 0 Å². The van der Waals surface area contributed by atoms with Crippen molar-refractivity contribution < 1.29 is 9.59 Å². The molecule has 1 saturated heterocycles. The molecule has 0 spiro atoms. The van der Waals surface area contributed by atoms with E-state index < -0.39 is 0 Å². The molecule has 0 aromatic rings. The highest BCUT2D eigenvalue weighted by Crippen LogP contribution is 2.07. The summed E-state index contributed by atoms with van der Waals surface area (Å²) in [7, 11) is 0. The van der Waals surface area contributed by atoms with Crippen molar-refractivity contribution in [2.24, 2.45) is 0 Å². The van der Waals surface area contributed by atoms with Gasteiger partial charge in [-0.2, -0.15) is 0 Å². The van der Waals surface area contributed by atoms with Crippen LogP contribution in [0.5, 0.6) is 0 Å². The van der Waals surface area contributed by atoms with Gasteiger partial charge in [0.15, 0.2) is 0 Å². The van der Waals surface area contributed by atoms with Crippen LogP contribution in [0.3, 0.4) is 0 Å². The summed E-state index contributed by atoms with van der Waals surface area (Å²) in [5.41, 5.74) is 0. The Morgan fingerprint density at radius 2 is 2.36 bits per heavy atom. The molecule has 1 heterocycles. The van der Waals surface area contributed by atoms with E-state index in [1.165, 1.54) is 0 Å². The van der Waals surface area contributed by atoms with Gasteiger partial charge in [-0.25, -0.2) is 0 Å².